The van der Waals surface area contributed by atoms with Gasteiger partial charge in [0.25, 0.3) is 5.91 Å². The van der Waals surface area contributed by atoms with Crippen LogP contribution in [0.3, 0.4) is 0 Å². The zero-order valence-corrected chi connectivity index (χ0v) is 18.8. The summed E-state index contributed by atoms with van der Waals surface area (Å²) in [5.41, 5.74) is 4.21. The average molecular weight is 456 g/mol. The van der Waals surface area contributed by atoms with E-state index in [4.69, 9.17) is 33.3 Å². The minimum absolute atomic E-state index is 0.0246. The molecule has 160 valence electrons. The minimum atomic E-state index is -0.328. The van der Waals surface area contributed by atoms with E-state index in [-0.39, 0.29) is 18.0 Å². The topological polar surface area (TPSA) is 57.8 Å². The van der Waals surface area contributed by atoms with E-state index in [2.05, 4.69) is 9.88 Å². The molecule has 0 aliphatic carbocycles. The second-order valence-corrected chi connectivity index (χ2v) is 8.63. The van der Waals surface area contributed by atoms with Gasteiger partial charge < -0.3 is 19.4 Å². The Kier molecular flexibility index (Phi) is 5.12. The van der Waals surface area contributed by atoms with E-state index in [1.165, 1.54) is 0 Å². The highest BCUT2D eigenvalue weighted by Crippen LogP contribution is 2.44. The van der Waals surface area contributed by atoms with E-state index in [1.54, 1.807) is 19.1 Å². The number of benzene rings is 2. The van der Waals surface area contributed by atoms with Gasteiger partial charge in [-0.2, -0.15) is 0 Å². The molecule has 8 heteroatoms. The molecular formula is C23H22ClN3O3S. The number of amides is 1. The minimum Gasteiger partial charge on any atom is -0.491 e. The van der Waals surface area contributed by atoms with Crippen molar-refractivity contribution in [3.05, 3.63) is 64.3 Å². The van der Waals surface area contributed by atoms with Gasteiger partial charge >= 0.3 is 0 Å². The van der Waals surface area contributed by atoms with E-state index >= 15 is 0 Å². The number of nitrogens with one attached hydrogen (secondary N) is 1. The third-order valence-corrected chi connectivity index (χ3v) is 6.78. The van der Waals surface area contributed by atoms with Gasteiger partial charge in [-0.05, 0) is 53.7 Å². The number of H-pyrrole nitrogens is 1. The van der Waals surface area contributed by atoms with Crippen LogP contribution in [0.1, 0.15) is 22.9 Å². The molecule has 0 spiro atoms. The van der Waals surface area contributed by atoms with Crippen molar-refractivity contribution in [1.29, 1.82) is 0 Å². The largest absolute Gasteiger partial charge is 0.491 e. The predicted molar refractivity (Wildman–Crippen MR) is 124 cm³/mol. The summed E-state index contributed by atoms with van der Waals surface area (Å²) in [5, 5.41) is 2.28. The van der Waals surface area contributed by atoms with E-state index in [1.807, 2.05) is 42.5 Å². The molecule has 1 saturated heterocycles. The number of fused-ring (bicyclic) bond motifs is 4. The van der Waals surface area contributed by atoms with Crippen LogP contribution in [0.25, 0.3) is 10.9 Å². The number of nitrogens with zero attached hydrogens (tertiary/aromatic N) is 2. The number of carbonyl (C=O) groups excluding carboxylic acids is 1. The third kappa shape index (κ3) is 3.28. The maximum Gasteiger partial charge on any atom is 0.251 e. The summed E-state index contributed by atoms with van der Waals surface area (Å²) < 4.78 is 10.8. The molecule has 1 aromatic heterocycles. The molecule has 0 bridgehead atoms. The summed E-state index contributed by atoms with van der Waals surface area (Å²) in [7, 11) is 3.39. The molecule has 3 aromatic rings. The number of hydrogen-bond acceptors (Lipinski definition) is 4. The Hall–Kier alpha value is -2.61. The van der Waals surface area contributed by atoms with Crippen molar-refractivity contribution in [2.75, 3.05) is 27.4 Å². The van der Waals surface area contributed by atoms with Crippen molar-refractivity contribution >= 4 is 45.7 Å². The fourth-order valence-corrected chi connectivity index (χ4v) is 5.06. The van der Waals surface area contributed by atoms with E-state index in [0.717, 1.165) is 33.5 Å². The Bertz CT molecular complexity index is 1180. The first-order valence-corrected chi connectivity index (χ1v) is 10.9. The van der Waals surface area contributed by atoms with Crippen molar-refractivity contribution < 1.29 is 14.3 Å². The van der Waals surface area contributed by atoms with Crippen LogP contribution < -0.4 is 4.74 Å². The van der Waals surface area contributed by atoms with Crippen LogP contribution in [0.5, 0.6) is 5.75 Å². The highest BCUT2D eigenvalue weighted by molar-refractivity contribution is 7.80. The highest BCUT2D eigenvalue weighted by Gasteiger charge is 2.49. The molecule has 2 aromatic carbocycles. The summed E-state index contributed by atoms with van der Waals surface area (Å²) in [5.74, 6) is 0.797. The summed E-state index contributed by atoms with van der Waals surface area (Å²) in [6.45, 7) is 1.02. The Morgan fingerprint density at radius 3 is 2.71 bits per heavy atom. The molecule has 5 rings (SSSR count). The van der Waals surface area contributed by atoms with Crippen LogP contribution in [0.4, 0.5) is 0 Å². The number of hydrogen-bond donors (Lipinski definition) is 1. The molecule has 3 heterocycles. The molecule has 31 heavy (non-hydrogen) atoms. The normalized spacial score (nSPS) is 20.4. The zero-order valence-electron chi connectivity index (χ0n) is 17.2. The molecule has 1 N–H and O–H groups in total. The SMILES string of the molecule is COCCOc1ccc(C2c3[nH]c4ccc(Cl)cc4c3CC3C(=O)N(C)C(=S)N32)cc1. The standard InChI is InChI=1S/C23H22ClN3O3S/c1-26-22(28)19-12-17-16-11-14(24)5-8-18(16)25-20(17)21(27(19)23(26)31)13-3-6-15(7-4-13)30-10-9-29-2/h3-8,11,19,21,25H,9-10,12H2,1-2H3. The van der Waals surface area contributed by atoms with Gasteiger partial charge in [0.2, 0.25) is 0 Å². The molecule has 2 aliphatic rings. The fraction of sp³-hybridized carbons (Fsp3) is 0.304. The number of carbonyl (C=O) groups is 1. The molecule has 0 radical (unpaired) electrons. The maximum absolute atomic E-state index is 13.0. The van der Waals surface area contributed by atoms with Gasteiger partial charge in [-0.1, -0.05) is 23.7 Å². The predicted octanol–water partition coefficient (Wildman–Crippen LogP) is 3.92. The second-order valence-electron chi connectivity index (χ2n) is 7.83. The van der Waals surface area contributed by atoms with Crippen LogP contribution in [-0.4, -0.2) is 59.2 Å². The van der Waals surface area contributed by atoms with Gasteiger partial charge in [0.15, 0.2) is 5.11 Å². The monoisotopic (exact) mass is 455 g/mol. The number of ether oxygens (including phenoxy) is 2. The molecule has 0 saturated carbocycles. The third-order valence-electron chi connectivity index (χ3n) is 6.06. The van der Waals surface area contributed by atoms with Crippen molar-refractivity contribution in [3.8, 4) is 5.75 Å². The molecule has 6 nitrogen and oxygen atoms in total. The van der Waals surface area contributed by atoms with Gasteiger partial charge in [-0.25, -0.2) is 0 Å². The van der Waals surface area contributed by atoms with Crippen LogP contribution in [-0.2, 0) is 16.0 Å². The fourth-order valence-electron chi connectivity index (χ4n) is 4.56. The Morgan fingerprint density at radius 1 is 1.19 bits per heavy atom. The molecule has 1 amide bonds. The first-order valence-electron chi connectivity index (χ1n) is 10.1. The molecule has 2 aliphatic heterocycles. The summed E-state index contributed by atoms with van der Waals surface area (Å²) in [6.07, 6.45) is 0.591. The van der Waals surface area contributed by atoms with E-state index < -0.39 is 0 Å². The van der Waals surface area contributed by atoms with Gasteiger partial charge in [0, 0.05) is 42.2 Å². The molecule has 2 unspecified atom stereocenters. The smallest absolute Gasteiger partial charge is 0.251 e. The van der Waals surface area contributed by atoms with Crippen molar-refractivity contribution in [2.24, 2.45) is 0 Å². The summed E-state index contributed by atoms with van der Waals surface area (Å²) >= 11 is 12.0. The van der Waals surface area contributed by atoms with Crippen molar-refractivity contribution in [1.82, 2.24) is 14.8 Å². The average Bonchev–Trinajstić information content (AvgIpc) is 3.23. The molecular weight excluding hydrogens is 434 g/mol. The number of methoxy groups -OCH3 is 1. The lowest BCUT2D eigenvalue weighted by Gasteiger charge is -2.37. The van der Waals surface area contributed by atoms with Gasteiger partial charge in [0.1, 0.15) is 18.4 Å². The first-order chi connectivity index (χ1) is 15.0. The van der Waals surface area contributed by atoms with Crippen molar-refractivity contribution in [2.45, 2.75) is 18.5 Å². The first kappa shape index (κ1) is 20.3. The number of halogens is 1. The Labute approximate surface area is 190 Å². The summed E-state index contributed by atoms with van der Waals surface area (Å²) in [6, 6.07) is 13.2. The van der Waals surface area contributed by atoms with E-state index in [0.29, 0.717) is 29.8 Å². The molecule has 2 atom stereocenters. The number of likely N-dealkylation sites (N-methyl/N-ethyl adjacent to an activating group) is 1. The quantitative estimate of drug-likeness (QED) is 0.467. The van der Waals surface area contributed by atoms with Crippen LogP contribution in [0, 0.1) is 0 Å². The van der Waals surface area contributed by atoms with Crippen LogP contribution >= 0.6 is 23.8 Å². The Morgan fingerprint density at radius 2 is 1.97 bits per heavy atom. The number of aromatic amines is 1. The van der Waals surface area contributed by atoms with Crippen LogP contribution in [0.15, 0.2) is 42.5 Å². The number of thiocarbonyl (C=S) groups is 1. The van der Waals surface area contributed by atoms with E-state index in [9.17, 15) is 4.79 Å². The molecule has 1 fully saturated rings. The highest BCUT2D eigenvalue weighted by atomic mass is 35.5. The van der Waals surface area contributed by atoms with Crippen LogP contribution in [0.2, 0.25) is 5.02 Å². The number of rotatable bonds is 5. The second kappa shape index (κ2) is 7.82. The lowest BCUT2D eigenvalue weighted by Crippen LogP contribution is -2.44. The van der Waals surface area contributed by atoms with Gasteiger partial charge in [-0.3, -0.25) is 9.69 Å². The lowest BCUT2D eigenvalue weighted by atomic mass is 9.89. The number of aromatic nitrogens is 1. The lowest BCUT2D eigenvalue weighted by molar-refractivity contribution is -0.127. The van der Waals surface area contributed by atoms with Gasteiger partial charge in [0.05, 0.1) is 12.6 Å². The maximum atomic E-state index is 13.0. The summed E-state index contributed by atoms with van der Waals surface area (Å²) in [4.78, 5) is 20.2. The Balaban J connectivity index is 1.61. The van der Waals surface area contributed by atoms with Crippen molar-refractivity contribution in [3.63, 3.8) is 0 Å². The zero-order chi connectivity index (χ0) is 21.7. The van der Waals surface area contributed by atoms with Gasteiger partial charge in [-0.15, -0.1) is 0 Å².